The van der Waals surface area contributed by atoms with Crippen molar-refractivity contribution in [1.29, 1.82) is 0 Å². The van der Waals surface area contributed by atoms with Crippen LogP contribution >= 0.6 is 0 Å². The lowest BCUT2D eigenvalue weighted by atomic mass is 10.1. The Morgan fingerprint density at radius 2 is 2.57 bits per heavy atom. The summed E-state index contributed by atoms with van der Waals surface area (Å²) in [6.07, 6.45) is 2.89. The summed E-state index contributed by atoms with van der Waals surface area (Å²) >= 11 is 0. The van der Waals surface area contributed by atoms with E-state index in [0.717, 1.165) is 13.0 Å². The Kier molecular flexibility index (Phi) is 0.927. The Hall–Kier alpha value is -0.300. The van der Waals surface area contributed by atoms with E-state index in [-0.39, 0.29) is 5.60 Å². The van der Waals surface area contributed by atoms with Crippen LogP contribution in [0.3, 0.4) is 0 Å². The van der Waals surface area contributed by atoms with E-state index >= 15 is 0 Å². The number of hydrogen-bond donors (Lipinski definition) is 0. The first-order valence-corrected chi connectivity index (χ1v) is 2.52. The lowest BCUT2D eigenvalue weighted by Gasteiger charge is -1.94. The van der Waals surface area contributed by atoms with Crippen molar-refractivity contribution in [3.63, 3.8) is 0 Å². The molecule has 1 unspecified atom stereocenters. The van der Waals surface area contributed by atoms with Gasteiger partial charge in [-0.15, -0.1) is 6.58 Å². The first-order valence-electron chi connectivity index (χ1n) is 2.52. The smallest absolute Gasteiger partial charge is 0.0922 e. The molecule has 1 saturated heterocycles. The molecule has 0 aliphatic carbocycles. The third kappa shape index (κ3) is 1.03. The minimum atomic E-state index is 0.182. The van der Waals surface area contributed by atoms with Crippen LogP contribution in [-0.4, -0.2) is 12.2 Å². The summed E-state index contributed by atoms with van der Waals surface area (Å²) in [4.78, 5) is 0. The summed E-state index contributed by atoms with van der Waals surface area (Å²) in [7, 11) is 0. The van der Waals surface area contributed by atoms with Gasteiger partial charge in [-0.1, -0.05) is 6.08 Å². The highest BCUT2D eigenvalue weighted by Crippen LogP contribution is 2.29. The molecule has 1 heterocycles. The lowest BCUT2D eigenvalue weighted by Crippen LogP contribution is -1.99. The normalized spacial score (nSPS) is 37.9. The molecule has 0 aromatic carbocycles. The lowest BCUT2D eigenvalue weighted by molar-refractivity contribution is 0.326. The summed E-state index contributed by atoms with van der Waals surface area (Å²) in [5, 5.41) is 0. The van der Waals surface area contributed by atoms with Crippen LogP contribution in [0.2, 0.25) is 0 Å². The van der Waals surface area contributed by atoms with Gasteiger partial charge < -0.3 is 4.74 Å². The second-order valence-electron chi connectivity index (χ2n) is 2.23. The van der Waals surface area contributed by atoms with Crippen LogP contribution in [0.5, 0.6) is 0 Å². The van der Waals surface area contributed by atoms with Gasteiger partial charge in [-0.2, -0.15) is 0 Å². The molecule has 1 rings (SSSR count). The Bertz CT molecular complexity index is 82.2. The second-order valence-corrected chi connectivity index (χ2v) is 2.23. The van der Waals surface area contributed by atoms with Gasteiger partial charge in [0, 0.05) is 0 Å². The molecule has 40 valence electrons. The van der Waals surface area contributed by atoms with E-state index in [1.807, 2.05) is 6.08 Å². The topological polar surface area (TPSA) is 12.5 Å². The molecule has 0 N–H and O–H groups in total. The van der Waals surface area contributed by atoms with Gasteiger partial charge in [-0.05, 0) is 13.3 Å². The molecule has 0 aromatic rings. The van der Waals surface area contributed by atoms with Crippen molar-refractivity contribution in [2.75, 3.05) is 6.61 Å². The molecule has 1 nitrogen and oxygen atoms in total. The highest BCUT2D eigenvalue weighted by molar-refractivity contribution is 4.92. The van der Waals surface area contributed by atoms with E-state index in [1.54, 1.807) is 0 Å². The quantitative estimate of drug-likeness (QED) is 0.375. The van der Waals surface area contributed by atoms with Crippen molar-refractivity contribution in [2.45, 2.75) is 18.9 Å². The molecule has 1 aliphatic rings. The fourth-order valence-electron chi connectivity index (χ4n) is 0.546. The van der Waals surface area contributed by atoms with Gasteiger partial charge in [0.05, 0.1) is 12.2 Å². The maximum atomic E-state index is 5.07. The molecule has 7 heavy (non-hydrogen) atoms. The maximum absolute atomic E-state index is 5.07. The number of rotatable bonds is 2. The fourth-order valence-corrected chi connectivity index (χ4v) is 0.546. The van der Waals surface area contributed by atoms with Crippen molar-refractivity contribution in [3.8, 4) is 0 Å². The maximum Gasteiger partial charge on any atom is 0.0922 e. The molecule has 0 saturated carbocycles. The van der Waals surface area contributed by atoms with Gasteiger partial charge in [0.15, 0.2) is 0 Å². The summed E-state index contributed by atoms with van der Waals surface area (Å²) < 4.78 is 5.07. The van der Waals surface area contributed by atoms with Gasteiger partial charge in [0.2, 0.25) is 0 Å². The summed E-state index contributed by atoms with van der Waals surface area (Å²) in [5.41, 5.74) is 0.182. The van der Waals surface area contributed by atoms with Crippen LogP contribution in [0.4, 0.5) is 0 Å². The highest BCUT2D eigenvalue weighted by Gasteiger charge is 2.37. The Balaban J connectivity index is 2.25. The highest BCUT2D eigenvalue weighted by atomic mass is 16.6. The zero-order valence-electron chi connectivity index (χ0n) is 4.61. The van der Waals surface area contributed by atoms with Crippen LogP contribution in [0.15, 0.2) is 12.7 Å². The fraction of sp³-hybridized carbons (Fsp3) is 0.667. The van der Waals surface area contributed by atoms with E-state index < -0.39 is 0 Å². The number of epoxide rings is 1. The van der Waals surface area contributed by atoms with Crippen molar-refractivity contribution in [2.24, 2.45) is 0 Å². The largest absolute Gasteiger partial charge is 0.370 e. The molecule has 1 atom stereocenters. The summed E-state index contributed by atoms with van der Waals surface area (Å²) in [6, 6.07) is 0. The predicted octanol–water partition coefficient (Wildman–Crippen LogP) is 1.35. The van der Waals surface area contributed by atoms with Crippen molar-refractivity contribution >= 4 is 0 Å². The van der Waals surface area contributed by atoms with E-state index in [9.17, 15) is 0 Å². The molecule has 0 aromatic heterocycles. The molecule has 0 radical (unpaired) electrons. The van der Waals surface area contributed by atoms with Gasteiger partial charge in [0.1, 0.15) is 0 Å². The first kappa shape index (κ1) is 4.85. The first-order chi connectivity index (χ1) is 3.27. The molecular weight excluding hydrogens is 88.1 g/mol. The van der Waals surface area contributed by atoms with Gasteiger partial charge in [-0.25, -0.2) is 0 Å². The molecule has 0 amide bonds. The zero-order valence-corrected chi connectivity index (χ0v) is 4.61. The van der Waals surface area contributed by atoms with E-state index in [1.165, 1.54) is 0 Å². The average molecular weight is 98.1 g/mol. The Labute approximate surface area is 44.0 Å². The van der Waals surface area contributed by atoms with Crippen LogP contribution in [-0.2, 0) is 4.74 Å². The van der Waals surface area contributed by atoms with E-state index in [0.29, 0.717) is 0 Å². The number of ether oxygens (including phenoxy) is 1. The molecule has 0 spiro atoms. The summed E-state index contributed by atoms with van der Waals surface area (Å²) in [5.74, 6) is 0. The SMILES string of the molecule is C=CCC1(C)CO1. The molecule has 1 heteroatoms. The van der Waals surface area contributed by atoms with Crippen LogP contribution in [0, 0.1) is 0 Å². The van der Waals surface area contributed by atoms with Crippen molar-refractivity contribution in [1.82, 2.24) is 0 Å². The monoisotopic (exact) mass is 98.1 g/mol. The standard InChI is InChI=1S/C6H10O/c1-3-4-6(2)5-7-6/h3H,1,4-5H2,2H3. The van der Waals surface area contributed by atoms with Crippen molar-refractivity contribution in [3.05, 3.63) is 12.7 Å². The van der Waals surface area contributed by atoms with Crippen molar-refractivity contribution < 1.29 is 4.74 Å². The molecule has 0 bridgehead atoms. The zero-order chi connectivity index (χ0) is 5.33. The van der Waals surface area contributed by atoms with Crippen LogP contribution in [0.25, 0.3) is 0 Å². The third-order valence-electron chi connectivity index (χ3n) is 1.21. The Morgan fingerprint density at radius 1 is 2.00 bits per heavy atom. The number of hydrogen-bond acceptors (Lipinski definition) is 1. The van der Waals surface area contributed by atoms with Crippen LogP contribution in [0.1, 0.15) is 13.3 Å². The van der Waals surface area contributed by atoms with Gasteiger partial charge in [0.25, 0.3) is 0 Å². The second kappa shape index (κ2) is 1.34. The minimum absolute atomic E-state index is 0.182. The summed E-state index contributed by atoms with van der Waals surface area (Å²) in [6.45, 7) is 6.61. The minimum Gasteiger partial charge on any atom is -0.370 e. The van der Waals surface area contributed by atoms with Gasteiger partial charge >= 0.3 is 0 Å². The van der Waals surface area contributed by atoms with Gasteiger partial charge in [-0.3, -0.25) is 0 Å². The average Bonchev–Trinajstić information content (AvgIpc) is 2.22. The van der Waals surface area contributed by atoms with Crippen LogP contribution < -0.4 is 0 Å². The van der Waals surface area contributed by atoms with E-state index in [2.05, 4.69) is 13.5 Å². The third-order valence-corrected chi connectivity index (χ3v) is 1.21. The molecular formula is C6H10O. The Morgan fingerprint density at radius 3 is 2.71 bits per heavy atom. The molecule has 1 fully saturated rings. The molecule has 1 aliphatic heterocycles. The van der Waals surface area contributed by atoms with E-state index in [4.69, 9.17) is 4.74 Å². The predicted molar refractivity (Wildman–Crippen MR) is 29.2 cm³/mol.